The lowest BCUT2D eigenvalue weighted by Crippen LogP contribution is -2.07. The molecule has 0 aliphatic heterocycles. The van der Waals surface area contributed by atoms with Crippen LogP contribution in [-0.4, -0.2) is 26.6 Å². The molecule has 0 unspecified atom stereocenters. The molecule has 1 aromatic carbocycles. The molecule has 4 aromatic rings. The lowest BCUT2D eigenvalue weighted by Gasteiger charge is -2.07. The average Bonchev–Trinajstić information content (AvgIpc) is 3.19. The van der Waals surface area contributed by atoms with Gasteiger partial charge in [-0.25, -0.2) is 4.98 Å². The highest BCUT2D eigenvalue weighted by molar-refractivity contribution is 6.07. The third kappa shape index (κ3) is 4.27. The van der Waals surface area contributed by atoms with Gasteiger partial charge in [0.15, 0.2) is 0 Å². The molecular weight excluding hydrogens is 421 g/mol. The van der Waals surface area contributed by atoms with Crippen LogP contribution in [0.1, 0.15) is 27.2 Å². The lowest BCUT2D eigenvalue weighted by molar-refractivity contribution is -0.137. The van der Waals surface area contributed by atoms with Gasteiger partial charge in [0.05, 0.1) is 5.56 Å². The number of aromatic nitrogens is 3. The van der Waals surface area contributed by atoms with Crippen molar-refractivity contribution in [3.05, 3.63) is 89.5 Å². The third-order valence-corrected chi connectivity index (χ3v) is 4.79. The first kappa shape index (κ1) is 21.0. The Morgan fingerprint density at radius 3 is 2.31 bits per heavy atom. The van der Waals surface area contributed by atoms with Gasteiger partial charge >= 0.3 is 6.18 Å². The summed E-state index contributed by atoms with van der Waals surface area (Å²) in [7, 11) is 0. The predicted molar refractivity (Wildman–Crippen MR) is 112 cm³/mol. The van der Waals surface area contributed by atoms with Gasteiger partial charge in [-0.15, -0.1) is 0 Å². The second-order valence-corrected chi connectivity index (χ2v) is 6.94. The van der Waals surface area contributed by atoms with Crippen LogP contribution in [0.25, 0.3) is 28.2 Å². The minimum atomic E-state index is -4.47. The summed E-state index contributed by atoms with van der Waals surface area (Å²) in [4.78, 5) is 35.1. The first-order valence-electron chi connectivity index (χ1n) is 9.35. The molecule has 0 saturated heterocycles. The second-order valence-electron chi connectivity index (χ2n) is 6.94. The van der Waals surface area contributed by atoms with E-state index in [0.717, 1.165) is 40.8 Å². The van der Waals surface area contributed by atoms with E-state index < -0.39 is 23.4 Å². The van der Waals surface area contributed by atoms with Crippen LogP contribution in [0.4, 0.5) is 13.2 Å². The van der Waals surface area contributed by atoms with Crippen molar-refractivity contribution in [3.8, 4) is 11.1 Å². The quantitative estimate of drug-likeness (QED) is 0.358. The topological polar surface area (TPSA) is 102 Å². The number of H-pyrrole nitrogens is 1. The van der Waals surface area contributed by atoms with Gasteiger partial charge < -0.3 is 10.7 Å². The smallest absolute Gasteiger partial charge is 0.366 e. The van der Waals surface area contributed by atoms with Gasteiger partial charge in [0, 0.05) is 52.3 Å². The largest absolute Gasteiger partial charge is 0.416 e. The van der Waals surface area contributed by atoms with Gasteiger partial charge in [-0.1, -0.05) is 18.2 Å². The Bertz CT molecular complexity index is 1340. The number of nitrogens with two attached hydrogens (primary N) is 1. The maximum atomic E-state index is 12.7. The van der Waals surface area contributed by atoms with E-state index in [1.165, 1.54) is 18.3 Å². The van der Waals surface area contributed by atoms with E-state index in [4.69, 9.17) is 5.73 Å². The summed E-state index contributed by atoms with van der Waals surface area (Å²) in [6.45, 7) is 0. The Morgan fingerprint density at radius 1 is 0.969 bits per heavy atom. The van der Waals surface area contributed by atoms with Gasteiger partial charge in [-0.2, -0.15) is 13.2 Å². The number of amides is 1. The summed E-state index contributed by atoms with van der Waals surface area (Å²) in [6.07, 6.45) is 3.19. The minimum absolute atomic E-state index is 0.106. The van der Waals surface area contributed by atoms with Crippen LogP contribution >= 0.6 is 0 Å². The number of hydrogen-bond acceptors (Lipinski definition) is 4. The number of fused-ring (bicyclic) bond motifs is 1. The average molecular weight is 436 g/mol. The van der Waals surface area contributed by atoms with Crippen LogP contribution in [0.2, 0.25) is 0 Å². The van der Waals surface area contributed by atoms with Crippen LogP contribution in [0, 0.1) is 0 Å². The van der Waals surface area contributed by atoms with Crippen molar-refractivity contribution in [2.75, 3.05) is 0 Å². The number of carbonyl (C=O) groups is 2. The molecule has 3 N–H and O–H groups in total. The summed E-state index contributed by atoms with van der Waals surface area (Å²) in [5, 5.41) is 0.768. The maximum absolute atomic E-state index is 12.7. The summed E-state index contributed by atoms with van der Waals surface area (Å²) in [6, 6.07) is 9.03. The Hall–Kier alpha value is -4.27. The number of aromatic amines is 1. The van der Waals surface area contributed by atoms with Gasteiger partial charge in [0.1, 0.15) is 11.3 Å². The SMILES string of the molecule is NC(=O)C=Cc1c[nH]c2ncc(-c3ccc(C(=O)c4ccc(C(F)(F)F)cc4)nc3)cc12. The van der Waals surface area contributed by atoms with Gasteiger partial charge in [-0.3, -0.25) is 14.6 Å². The number of nitrogens with zero attached hydrogens (tertiary/aromatic N) is 2. The van der Waals surface area contributed by atoms with Crippen molar-refractivity contribution in [1.82, 2.24) is 15.0 Å². The van der Waals surface area contributed by atoms with Crippen LogP contribution in [0.5, 0.6) is 0 Å². The van der Waals surface area contributed by atoms with Crippen LogP contribution < -0.4 is 5.73 Å². The number of alkyl halides is 3. The number of halogens is 3. The Kier molecular flexibility index (Phi) is 5.31. The van der Waals surface area contributed by atoms with E-state index in [0.29, 0.717) is 11.2 Å². The van der Waals surface area contributed by atoms with Crippen LogP contribution in [0.3, 0.4) is 0 Å². The molecule has 0 aliphatic rings. The standard InChI is InChI=1S/C23H15F3N4O2/c24-23(25,26)17-5-1-13(2-6-17)21(32)19-7-3-14(10-28-19)16-9-18-15(4-8-20(27)31)11-29-22(18)30-12-16/h1-12H,(H2,27,31)(H,29,30). The van der Waals surface area contributed by atoms with Crippen LogP contribution in [-0.2, 0) is 11.0 Å². The molecule has 9 heteroatoms. The van der Waals surface area contributed by atoms with E-state index in [1.54, 1.807) is 24.5 Å². The zero-order valence-electron chi connectivity index (χ0n) is 16.4. The number of pyridine rings is 2. The molecule has 0 aliphatic carbocycles. The molecule has 1 amide bonds. The monoisotopic (exact) mass is 436 g/mol. The number of carbonyl (C=O) groups excluding carboxylic acids is 2. The Morgan fingerprint density at radius 2 is 1.69 bits per heavy atom. The summed E-state index contributed by atoms with van der Waals surface area (Å²) in [5.74, 6) is -1.05. The highest BCUT2D eigenvalue weighted by Gasteiger charge is 2.30. The van der Waals surface area contributed by atoms with E-state index in [-0.39, 0.29) is 11.3 Å². The number of rotatable bonds is 5. The molecule has 0 atom stereocenters. The van der Waals surface area contributed by atoms with Crippen molar-refractivity contribution in [2.24, 2.45) is 5.73 Å². The number of nitrogens with one attached hydrogen (secondary N) is 1. The van der Waals surface area contributed by atoms with E-state index >= 15 is 0 Å². The third-order valence-electron chi connectivity index (χ3n) is 4.79. The number of benzene rings is 1. The molecule has 0 bridgehead atoms. The zero-order chi connectivity index (χ0) is 22.9. The van der Waals surface area contributed by atoms with Crippen molar-refractivity contribution < 1.29 is 22.8 Å². The number of primary amides is 1. The highest BCUT2D eigenvalue weighted by atomic mass is 19.4. The molecule has 3 heterocycles. The zero-order valence-corrected chi connectivity index (χ0v) is 16.4. The molecular formula is C23H15F3N4O2. The predicted octanol–water partition coefficient (Wildman–Crippen LogP) is 4.37. The van der Waals surface area contributed by atoms with Crippen molar-refractivity contribution >= 4 is 28.8 Å². The molecule has 6 nitrogen and oxygen atoms in total. The number of hydrogen-bond donors (Lipinski definition) is 2. The summed E-state index contributed by atoms with van der Waals surface area (Å²) in [5.41, 5.74) is 7.31. The highest BCUT2D eigenvalue weighted by Crippen LogP contribution is 2.29. The first-order valence-corrected chi connectivity index (χ1v) is 9.35. The van der Waals surface area contributed by atoms with Gasteiger partial charge in [0.25, 0.3) is 0 Å². The normalized spacial score (nSPS) is 11.8. The summed E-state index contributed by atoms with van der Waals surface area (Å²) >= 11 is 0. The molecule has 160 valence electrons. The fraction of sp³-hybridized carbons (Fsp3) is 0.0435. The fourth-order valence-corrected chi connectivity index (χ4v) is 3.15. The van der Waals surface area contributed by atoms with E-state index in [1.807, 2.05) is 6.07 Å². The van der Waals surface area contributed by atoms with Crippen molar-refractivity contribution in [1.29, 1.82) is 0 Å². The Balaban J connectivity index is 1.59. The van der Waals surface area contributed by atoms with E-state index in [9.17, 15) is 22.8 Å². The van der Waals surface area contributed by atoms with E-state index in [2.05, 4.69) is 15.0 Å². The van der Waals surface area contributed by atoms with Crippen molar-refractivity contribution in [2.45, 2.75) is 6.18 Å². The molecule has 0 fully saturated rings. The molecule has 3 aromatic heterocycles. The molecule has 0 saturated carbocycles. The molecule has 0 radical (unpaired) electrons. The Labute approximate surface area is 179 Å². The molecule has 32 heavy (non-hydrogen) atoms. The first-order chi connectivity index (χ1) is 15.2. The molecule has 4 rings (SSSR count). The second kappa shape index (κ2) is 8.10. The lowest BCUT2D eigenvalue weighted by atomic mass is 10.0. The van der Waals surface area contributed by atoms with Gasteiger partial charge in [-0.05, 0) is 30.3 Å². The van der Waals surface area contributed by atoms with Gasteiger partial charge in [0.2, 0.25) is 11.7 Å². The van der Waals surface area contributed by atoms with Crippen molar-refractivity contribution in [3.63, 3.8) is 0 Å². The summed E-state index contributed by atoms with van der Waals surface area (Å²) < 4.78 is 38.1. The molecule has 0 spiro atoms. The fourth-order valence-electron chi connectivity index (χ4n) is 3.15. The minimum Gasteiger partial charge on any atom is -0.366 e. The maximum Gasteiger partial charge on any atom is 0.416 e. The van der Waals surface area contributed by atoms with Crippen LogP contribution in [0.15, 0.2) is 67.1 Å². The number of ketones is 1.